The van der Waals surface area contributed by atoms with Gasteiger partial charge in [-0.1, -0.05) is 30.4 Å². The Morgan fingerprint density at radius 3 is 2.87 bits per heavy atom. The second-order valence-electron chi connectivity index (χ2n) is 7.95. The van der Waals surface area contributed by atoms with Crippen LogP contribution in [0.1, 0.15) is 52.9 Å². The Bertz CT molecular complexity index is 804. The number of aliphatic imine (C=N–C) groups is 1. The molecule has 1 saturated heterocycles. The number of allylic oxidation sites excluding steroid dienone is 10. The van der Waals surface area contributed by atoms with E-state index >= 15 is 0 Å². The largest absolute Gasteiger partial charge is 0.472 e. The maximum Gasteiger partial charge on any atom is 0.229 e. The molecular formula is C25H35F2N3O. The lowest BCUT2D eigenvalue weighted by molar-refractivity contribution is 0.114. The predicted octanol–water partition coefficient (Wildman–Crippen LogP) is 6.02. The van der Waals surface area contributed by atoms with Crippen LogP contribution in [0.25, 0.3) is 0 Å². The first-order chi connectivity index (χ1) is 14.9. The van der Waals surface area contributed by atoms with Gasteiger partial charge in [0.1, 0.15) is 17.8 Å². The lowest BCUT2D eigenvalue weighted by atomic mass is 10.0. The fourth-order valence-electron chi connectivity index (χ4n) is 3.48. The number of nitrogens with two attached hydrogens (primary N) is 1. The van der Waals surface area contributed by atoms with Crippen LogP contribution in [0.15, 0.2) is 76.8 Å². The van der Waals surface area contributed by atoms with Crippen molar-refractivity contribution in [1.82, 2.24) is 4.90 Å². The minimum absolute atomic E-state index is 0.0461. The Morgan fingerprint density at radius 2 is 2.19 bits per heavy atom. The lowest BCUT2D eigenvalue weighted by Crippen LogP contribution is -2.29. The Morgan fingerprint density at radius 1 is 1.39 bits per heavy atom. The smallest absolute Gasteiger partial charge is 0.229 e. The molecule has 2 rings (SSSR count). The molecule has 2 aliphatic rings. The second kappa shape index (κ2) is 13.1. The fraction of sp³-hybridized carbons (Fsp3) is 0.480. The molecule has 1 heterocycles. The van der Waals surface area contributed by atoms with E-state index in [1.165, 1.54) is 18.4 Å². The van der Waals surface area contributed by atoms with Gasteiger partial charge < -0.3 is 10.5 Å². The molecule has 2 N–H and O–H groups in total. The van der Waals surface area contributed by atoms with Gasteiger partial charge in [-0.3, -0.25) is 4.90 Å². The van der Waals surface area contributed by atoms with Crippen molar-refractivity contribution in [2.24, 2.45) is 10.7 Å². The molecule has 1 atom stereocenters. The van der Waals surface area contributed by atoms with Gasteiger partial charge in [-0.05, 0) is 64.2 Å². The number of hydrogen-bond donors (Lipinski definition) is 1. The summed E-state index contributed by atoms with van der Waals surface area (Å²) >= 11 is 0. The zero-order chi connectivity index (χ0) is 22.6. The first kappa shape index (κ1) is 24.8. The minimum Gasteiger partial charge on any atom is -0.472 e. The van der Waals surface area contributed by atoms with E-state index in [0.29, 0.717) is 31.2 Å². The van der Waals surface area contributed by atoms with Crippen LogP contribution in [0.5, 0.6) is 0 Å². The van der Waals surface area contributed by atoms with E-state index in [0.717, 1.165) is 30.8 Å². The molecule has 1 aliphatic heterocycles. The normalized spacial score (nSPS) is 25.4. The zero-order valence-corrected chi connectivity index (χ0v) is 18.9. The van der Waals surface area contributed by atoms with Crippen molar-refractivity contribution < 1.29 is 13.5 Å². The molecule has 4 nitrogen and oxygen atoms in total. The molecular weight excluding hydrogens is 396 g/mol. The quantitative estimate of drug-likeness (QED) is 0.276. The van der Waals surface area contributed by atoms with E-state index < -0.39 is 0 Å². The van der Waals surface area contributed by atoms with Crippen LogP contribution < -0.4 is 5.73 Å². The summed E-state index contributed by atoms with van der Waals surface area (Å²) in [5.41, 5.74) is 7.52. The number of ether oxygens (including phenoxy) is 1. The SMILES string of the molecule is C/C=C(F)\C=C/CCC(=N\C(=C/N)OC1CCN(C(C)C)C1)/C1=C/C/C=C(/F)CC=C1. The van der Waals surface area contributed by atoms with Crippen molar-refractivity contribution in [3.63, 3.8) is 0 Å². The summed E-state index contributed by atoms with van der Waals surface area (Å²) in [4.78, 5) is 7.08. The summed E-state index contributed by atoms with van der Waals surface area (Å²) in [6.45, 7) is 7.84. The Labute approximate surface area is 185 Å². The maximum atomic E-state index is 13.5. The summed E-state index contributed by atoms with van der Waals surface area (Å²) in [6, 6.07) is 0.473. The third-order valence-corrected chi connectivity index (χ3v) is 5.30. The lowest BCUT2D eigenvalue weighted by Gasteiger charge is -2.20. The minimum atomic E-state index is -0.272. The highest BCUT2D eigenvalue weighted by molar-refractivity contribution is 6.03. The van der Waals surface area contributed by atoms with Crippen LogP contribution in [0.3, 0.4) is 0 Å². The summed E-state index contributed by atoms with van der Waals surface area (Å²) < 4.78 is 33.0. The number of halogens is 2. The molecule has 0 aromatic carbocycles. The molecule has 0 radical (unpaired) electrons. The Balaban J connectivity index is 2.17. The van der Waals surface area contributed by atoms with Crippen molar-refractivity contribution in [3.8, 4) is 0 Å². The van der Waals surface area contributed by atoms with Gasteiger partial charge in [0.05, 0.1) is 11.9 Å². The highest BCUT2D eigenvalue weighted by Gasteiger charge is 2.26. The number of hydrogen-bond acceptors (Lipinski definition) is 4. The first-order valence-corrected chi connectivity index (χ1v) is 11.0. The van der Waals surface area contributed by atoms with Crippen LogP contribution in [0, 0.1) is 0 Å². The van der Waals surface area contributed by atoms with Crippen LogP contribution in [0.2, 0.25) is 0 Å². The first-order valence-electron chi connectivity index (χ1n) is 11.0. The summed E-state index contributed by atoms with van der Waals surface area (Å²) in [5.74, 6) is -0.0325. The van der Waals surface area contributed by atoms with Crippen LogP contribution in [-0.2, 0) is 4.74 Å². The molecule has 31 heavy (non-hydrogen) atoms. The van der Waals surface area contributed by atoms with Crippen LogP contribution in [-0.4, -0.2) is 35.8 Å². The second-order valence-corrected chi connectivity index (χ2v) is 7.95. The topological polar surface area (TPSA) is 50.9 Å². The van der Waals surface area contributed by atoms with Crippen molar-refractivity contribution in [3.05, 3.63) is 71.8 Å². The van der Waals surface area contributed by atoms with E-state index in [1.54, 1.807) is 25.2 Å². The third kappa shape index (κ3) is 8.66. The molecule has 0 bridgehead atoms. The molecule has 1 aliphatic carbocycles. The molecule has 0 aromatic rings. The molecule has 6 heteroatoms. The van der Waals surface area contributed by atoms with Gasteiger partial charge in [-0.15, -0.1) is 0 Å². The van der Waals surface area contributed by atoms with Crippen LogP contribution in [0.4, 0.5) is 8.78 Å². The zero-order valence-electron chi connectivity index (χ0n) is 18.9. The van der Waals surface area contributed by atoms with E-state index in [2.05, 4.69) is 18.7 Å². The van der Waals surface area contributed by atoms with E-state index in [-0.39, 0.29) is 24.2 Å². The van der Waals surface area contributed by atoms with E-state index in [1.807, 2.05) is 12.2 Å². The van der Waals surface area contributed by atoms with E-state index in [4.69, 9.17) is 15.5 Å². The molecule has 0 saturated carbocycles. The predicted molar refractivity (Wildman–Crippen MR) is 125 cm³/mol. The molecule has 170 valence electrons. The van der Waals surface area contributed by atoms with Crippen molar-refractivity contribution >= 4 is 5.71 Å². The number of rotatable bonds is 9. The fourth-order valence-corrected chi connectivity index (χ4v) is 3.48. The summed E-state index contributed by atoms with van der Waals surface area (Å²) in [7, 11) is 0. The molecule has 1 unspecified atom stereocenters. The van der Waals surface area contributed by atoms with Crippen molar-refractivity contribution in [2.45, 2.75) is 65.0 Å². The van der Waals surface area contributed by atoms with Gasteiger partial charge in [-0.25, -0.2) is 13.8 Å². The van der Waals surface area contributed by atoms with E-state index in [9.17, 15) is 8.78 Å². The van der Waals surface area contributed by atoms with Gasteiger partial charge in [-0.2, -0.15) is 0 Å². The Hall–Kier alpha value is -2.47. The number of nitrogens with zero attached hydrogens (tertiary/aromatic N) is 2. The van der Waals surface area contributed by atoms with Gasteiger partial charge in [0.2, 0.25) is 5.88 Å². The standard InChI is InChI=1S/C25H35F2N3O/c1-4-21(26)11-5-6-14-24(20-9-7-12-22(27)13-8-10-20)29-25(17-28)31-23-15-16-30(18-23)19(2)3/h4-5,7,9-11,13,17,19,23H,6,8,12,14-16,18,28H2,1-3H3/b9-7?,11-5-,20-10+,21-4+,22-13+,25-17+,29-24+. The number of likely N-dealkylation sites (tertiary alicyclic amines) is 1. The molecule has 0 amide bonds. The van der Waals surface area contributed by atoms with Crippen LogP contribution >= 0.6 is 0 Å². The highest BCUT2D eigenvalue weighted by atomic mass is 19.1. The summed E-state index contributed by atoms with van der Waals surface area (Å²) in [5, 5.41) is 0. The van der Waals surface area contributed by atoms with Gasteiger partial charge in [0.25, 0.3) is 0 Å². The van der Waals surface area contributed by atoms with Gasteiger partial charge in [0.15, 0.2) is 0 Å². The van der Waals surface area contributed by atoms with Crippen molar-refractivity contribution in [2.75, 3.05) is 13.1 Å². The van der Waals surface area contributed by atoms with Gasteiger partial charge >= 0.3 is 0 Å². The maximum absolute atomic E-state index is 13.5. The average Bonchev–Trinajstić information content (AvgIpc) is 3.21. The molecule has 0 spiro atoms. The Kier molecular flexibility index (Phi) is 10.4. The highest BCUT2D eigenvalue weighted by Crippen LogP contribution is 2.21. The monoisotopic (exact) mass is 431 g/mol. The third-order valence-electron chi connectivity index (χ3n) is 5.30. The van der Waals surface area contributed by atoms with Crippen molar-refractivity contribution in [1.29, 1.82) is 0 Å². The average molecular weight is 432 g/mol. The van der Waals surface area contributed by atoms with Gasteiger partial charge in [0, 0.05) is 25.6 Å². The molecule has 1 fully saturated rings. The summed E-state index contributed by atoms with van der Waals surface area (Å²) in [6.07, 6.45) is 16.1. The molecule has 0 aromatic heterocycles.